The van der Waals surface area contributed by atoms with E-state index in [1.807, 2.05) is 11.6 Å². The van der Waals surface area contributed by atoms with Crippen molar-refractivity contribution >= 4 is 22.1 Å². The molecule has 0 radical (unpaired) electrons. The first kappa shape index (κ1) is 14.2. The van der Waals surface area contributed by atoms with E-state index < -0.39 is 0 Å². The summed E-state index contributed by atoms with van der Waals surface area (Å²) in [6, 6.07) is 15.8. The van der Waals surface area contributed by atoms with E-state index in [-0.39, 0.29) is 0 Å². The first-order chi connectivity index (χ1) is 10.3. The van der Waals surface area contributed by atoms with E-state index in [2.05, 4.69) is 66.6 Å². The zero-order chi connectivity index (χ0) is 14.7. The summed E-state index contributed by atoms with van der Waals surface area (Å²) >= 11 is 1.72. The van der Waals surface area contributed by atoms with Gasteiger partial charge in [0.15, 0.2) is 0 Å². The Hall–Kier alpha value is -1.71. The smallest absolute Gasteiger partial charge is 0.109 e. The van der Waals surface area contributed by atoms with Crippen LogP contribution in [0.2, 0.25) is 0 Å². The van der Waals surface area contributed by atoms with Gasteiger partial charge in [0.2, 0.25) is 0 Å². The largest absolute Gasteiger partial charge is 0.301 e. The third kappa shape index (κ3) is 3.14. The number of aromatic nitrogens is 1. The topological polar surface area (TPSA) is 24.9 Å². The fraction of sp³-hybridized carbons (Fsp3) is 0.278. The summed E-state index contributed by atoms with van der Waals surface area (Å²) in [6.45, 7) is 4.42. The predicted molar refractivity (Wildman–Crippen MR) is 90.6 cm³/mol. The van der Waals surface area contributed by atoms with Crippen molar-refractivity contribution in [3.63, 3.8) is 0 Å². The van der Waals surface area contributed by atoms with Gasteiger partial charge in [0.25, 0.3) is 0 Å². The number of fused-ring (bicyclic) bond motifs is 1. The van der Waals surface area contributed by atoms with Gasteiger partial charge in [-0.25, -0.2) is 4.98 Å². The molecule has 1 N–H and O–H groups in total. The monoisotopic (exact) mass is 296 g/mol. The lowest BCUT2D eigenvalue weighted by molar-refractivity contribution is 0.455. The Morgan fingerprint density at radius 3 is 2.67 bits per heavy atom. The molecule has 108 valence electrons. The second-order valence-electron chi connectivity index (χ2n) is 5.33. The zero-order valence-electron chi connectivity index (χ0n) is 12.4. The van der Waals surface area contributed by atoms with Crippen LogP contribution < -0.4 is 5.32 Å². The number of thiazole rings is 1. The van der Waals surface area contributed by atoms with E-state index in [9.17, 15) is 0 Å². The number of nitrogens with one attached hydrogen (secondary N) is 1. The van der Waals surface area contributed by atoms with Gasteiger partial charge in [-0.3, -0.25) is 0 Å². The Labute approximate surface area is 129 Å². The number of nitrogens with zero attached hydrogens (tertiary/aromatic N) is 1. The van der Waals surface area contributed by atoms with Crippen LogP contribution in [-0.2, 0) is 0 Å². The molecule has 2 atom stereocenters. The maximum Gasteiger partial charge on any atom is 0.109 e. The molecule has 0 bridgehead atoms. The molecule has 2 aromatic carbocycles. The van der Waals surface area contributed by atoms with E-state index in [1.54, 1.807) is 11.3 Å². The van der Waals surface area contributed by atoms with Gasteiger partial charge >= 0.3 is 0 Å². The van der Waals surface area contributed by atoms with Gasteiger partial charge < -0.3 is 5.32 Å². The Bertz CT molecular complexity index is 706. The first-order valence-corrected chi connectivity index (χ1v) is 8.30. The third-order valence-electron chi connectivity index (χ3n) is 3.88. The second-order valence-corrected chi connectivity index (χ2v) is 6.25. The maximum absolute atomic E-state index is 4.44. The predicted octanol–water partition coefficient (Wildman–Crippen LogP) is 5.10. The van der Waals surface area contributed by atoms with Crippen LogP contribution in [0.15, 0.2) is 54.0 Å². The SMILES string of the molecule is CCC(NC(C)c1ccc2ccccc2c1)c1nccs1. The maximum atomic E-state index is 4.44. The van der Waals surface area contributed by atoms with E-state index in [1.165, 1.54) is 21.3 Å². The molecule has 0 saturated carbocycles. The van der Waals surface area contributed by atoms with Crippen molar-refractivity contribution in [1.82, 2.24) is 10.3 Å². The molecule has 3 heteroatoms. The summed E-state index contributed by atoms with van der Waals surface area (Å²) in [4.78, 5) is 4.44. The molecule has 1 aromatic heterocycles. The molecule has 2 nitrogen and oxygen atoms in total. The fourth-order valence-corrected chi connectivity index (χ4v) is 3.43. The molecule has 0 aliphatic heterocycles. The molecular weight excluding hydrogens is 276 g/mol. The third-order valence-corrected chi connectivity index (χ3v) is 4.77. The van der Waals surface area contributed by atoms with E-state index in [0.717, 1.165) is 6.42 Å². The van der Waals surface area contributed by atoms with Crippen LogP contribution in [0.1, 0.15) is 42.9 Å². The minimum Gasteiger partial charge on any atom is -0.301 e. The molecule has 2 unspecified atom stereocenters. The van der Waals surface area contributed by atoms with E-state index >= 15 is 0 Å². The van der Waals surface area contributed by atoms with Gasteiger partial charge in [-0.2, -0.15) is 0 Å². The van der Waals surface area contributed by atoms with Crippen molar-refractivity contribution in [1.29, 1.82) is 0 Å². The number of benzene rings is 2. The molecule has 0 amide bonds. The second kappa shape index (κ2) is 6.37. The van der Waals surface area contributed by atoms with Crippen LogP contribution in [-0.4, -0.2) is 4.98 Å². The Morgan fingerprint density at radius 2 is 1.95 bits per heavy atom. The Morgan fingerprint density at radius 1 is 1.14 bits per heavy atom. The molecule has 21 heavy (non-hydrogen) atoms. The van der Waals surface area contributed by atoms with Crippen molar-refractivity contribution in [3.8, 4) is 0 Å². The average Bonchev–Trinajstić information content (AvgIpc) is 3.06. The number of hydrogen-bond acceptors (Lipinski definition) is 3. The van der Waals surface area contributed by atoms with Crippen LogP contribution in [0.4, 0.5) is 0 Å². The molecular formula is C18H20N2S. The number of hydrogen-bond donors (Lipinski definition) is 1. The number of rotatable bonds is 5. The van der Waals surface area contributed by atoms with E-state index in [0.29, 0.717) is 12.1 Å². The van der Waals surface area contributed by atoms with Crippen molar-refractivity contribution in [2.75, 3.05) is 0 Å². The molecule has 3 rings (SSSR count). The van der Waals surface area contributed by atoms with Gasteiger partial charge in [-0.1, -0.05) is 43.3 Å². The normalized spacial score (nSPS) is 14.2. The lowest BCUT2D eigenvalue weighted by atomic mass is 10.0. The molecule has 0 aliphatic rings. The van der Waals surface area contributed by atoms with Gasteiger partial charge in [0.05, 0.1) is 6.04 Å². The summed E-state index contributed by atoms with van der Waals surface area (Å²) in [5.41, 5.74) is 1.32. The standard InChI is InChI=1S/C18H20N2S/c1-3-17(18-19-10-11-21-18)20-13(2)15-9-8-14-6-4-5-7-16(14)12-15/h4-13,17,20H,3H2,1-2H3. The lowest BCUT2D eigenvalue weighted by Crippen LogP contribution is -2.24. The van der Waals surface area contributed by atoms with E-state index in [4.69, 9.17) is 0 Å². The molecule has 0 aliphatic carbocycles. The van der Waals surface area contributed by atoms with Crippen LogP contribution in [0.3, 0.4) is 0 Å². The highest BCUT2D eigenvalue weighted by Crippen LogP contribution is 2.25. The summed E-state index contributed by atoms with van der Waals surface area (Å²) in [5, 5.41) is 9.50. The Kier molecular flexibility index (Phi) is 4.32. The molecule has 3 aromatic rings. The highest BCUT2D eigenvalue weighted by atomic mass is 32.1. The quantitative estimate of drug-likeness (QED) is 0.708. The molecule has 0 fully saturated rings. The molecule has 0 saturated heterocycles. The van der Waals surface area contributed by atoms with Crippen LogP contribution in [0.5, 0.6) is 0 Å². The highest BCUT2D eigenvalue weighted by molar-refractivity contribution is 7.09. The van der Waals surface area contributed by atoms with Crippen LogP contribution >= 0.6 is 11.3 Å². The molecule has 0 spiro atoms. The minimum absolute atomic E-state index is 0.309. The van der Waals surface area contributed by atoms with Crippen molar-refractivity contribution in [2.24, 2.45) is 0 Å². The van der Waals surface area contributed by atoms with Gasteiger partial charge in [0.1, 0.15) is 5.01 Å². The summed E-state index contributed by atoms with van der Waals surface area (Å²) < 4.78 is 0. The van der Waals surface area contributed by atoms with Gasteiger partial charge in [-0.05, 0) is 35.7 Å². The van der Waals surface area contributed by atoms with Gasteiger partial charge in [-0.15, -0.1) is 11.3 Å². The minimum atomic E-state index is 0.309. The average molecular weight is 296 g/mol. The van der Waals surface area contributed by atoms with Gasteiger partial charge in [0, 0.05) is 17.6 Å². The van der Waals surface area contributed by atoms with Crippen molar-refractivity contribution in [3.05, 3.63) is 64.6 Å². The van der Waals surface area contributed by atoms with Crippen LogP contribution in [0.25, 0.3) is 10.8 Å². The van der Waals surface area contributed by atoms with Crippen molar-refractivity contribution in [2.45, 2.75) is 32.4 Å². The summed E-state index contributed by atoms with van der Waals surface area (Å²) in [7, 11) is 0. The zero-order valence-corrected chi connectivity index (χ0v) is 13.2. The first-order valence-electron chi connectivity index (χ1n) is 7.42. The molecule has 1 heterocycles. The highest BCUT2D eigenvalue weighted by Gasteiger charge is 2.15. The Balaban J connectivity index is 1.81. The van der Waals surface area contributed by atoms with Crippen LogP contribution in [0, 0.1) is 0 Å². The fourth-order valence-electron chi connectivity index (χ4n) is 2.65. The lowest BCUT2D eigenvalue weighted by Gasteiger charge is -2.21. The summed E-state index contributed by atoms with van der Waals surface area (Å²) in [5.74, 6) is 0. The van der Waals surface area contributed by atoms with Crippen molar-refractivity contribution < 1.29 is 0 Å². The summed E-state index contributed by atoms with van der Waals surface area (Å²) in [6.07, 6.45) is 2.93.